The van der Waals surface area contributed by atoms with Gasteiger partial charge in [0, 0.05) is 13.1 Å². The highest BCUT2D eigenvalue weighted by molar-refractivity contribution is 5.85. The quantitative estimate of drug-likeness (QED) is 0.701. The number of hydrogen-bond donors (Lipinski definition) is 2. The first-order valence-corrected chi connectivity index (χ1v) is 4.33. The lowest BCUT2D eigenvalue weighted by Crippen LogP contribution is -2.51. The van der Waals surface area contributed by atoms with Crippen molar-refractivity contribution < 1.29 is 24.5 Å². The molecular formula is C8H14ClNO5. The van der Waals surface area contributed by atoms with Crippen LogP contribution in [0.1, 0.15) is 6.92 Å². The normalized spacial score (nSPS) is 23.9. The van der Waals surface area contributed by atoms with E-state index in [1.165, 1.54) is 6.92 Å². The summed E-state index contributed by atoms with van der Waals surface area (Å²) in [5.41, 5.74) is 0. The van der Waals surface area contributed by atoms with Gasteiger partial charge in [0.25, 0.3) is 0 Å². The molecule has 1 saturated heterocycles. The molecule has 1 rings (SSSR count). The highest BCUT2D eigenvalue weighted by atomic mass is 35.5. The highest BCUT2D eigenvalue weighted by Gasteiger charge is 2.31. The Kier molecular flexibility index (Phi) is 5.56. The number of halogens is 1. The standard InChI is InChI=1S/C8H13NO5.ClH/c1-5(7(10)11)9-2-3-14-6(4-9)8(12)13;/h5-6H,2-4H2,1H3,(H,10,11)(H,12,13);1H. The van der Waals surface area contributed by atoms with Gasteiger partial charge in [-0.05, 0) is 6.92 Å². The molecule has 0 radical (unpaired) electrons. The van der Waals surface area contributed by atoms with Crippen molar-refractivity contribution in [2.45, 2.75) is 19.1 Å². The summed E-state index contributed by atoms with van der Waals surface area (Å²) in [6.07, 6.45) is -0.912. The molecule has 2 N–H and O–H groups in total. The Bertz CT molecular complexity index is 235. The van der Waals surface area contributed by atoms with Crippen LogP contribution in [0, 0.1) is 0 Å². The Hall–Kier alpha value is -0.850. The van der Waals surface area contributed by atoms with Crippen molar-refractivity contribution in [3.05, 3.63) is 0 Å². The molecule has 0 aromatic carbocycles. The molecule has 1 aliphatic heterocycles. The van der Waals surface area contributed by atoms with Gasteiger partial charge >= 0.3 is 11.9 Å². The van der Waals surface area contributed by atoms with Gasteiger partial charge in [-0.15, -0.1) is 12.4 Å². The summed E-state index contributed by atoms with van der Waals surface area (Å²) in [7, 11) is 0. The van der Waals surface area contributed by atoms with Crippen molar-refractivity contribution >= 4 is 24.3 Å². The first kappa shape index (κ1) is 14.2. The molecule has 6 nitrogen and oxygen atoms in total. The van der Waals surface area contributed by atoms with E-state index in [-0.39, 0.29) is 25.6 Å². The number of carboxylic acids is 2. The molecule has 1 heterocycles. The summed E-state index contributed by atoms with van der Waals surface area (Å²) in [5.74, 6) is -2.00. The molecule has 0 aromatic heterocycles. The van der Waals surface area contributed by atoms with Gasteiger partial charge < -0.3 is 14.9 Å². The first-order chi connectivity index (χ1) is 6.52. The van der Waals surface area contributed by atoms with Crippen molar-refractivity contribution in [1.82, 2.24) is 4.90 Å². The molecule has 2 unspecified atom stereocenters. The van der Waals surface area contributed by atoms with E-state index in [1.807, 2.05) is 0 Å². The smallest absolute Gasteiger partial charge is 0.334 e. The molecule has 0 amide bonds. The molecule has 0 saturated carbocycles. The lowest BCUT2D eigenvalue weighted by atomic mass is 10.2. The highest BCUT2D eigenvalue weighted by Crippen LogP contribution is 2.09. The van der Waals surface area contributed by atoms with E-state index in [0.29, 0.717) is 6.54 Å². The summed E-state index contributed by atoms with van der Waals surface area (Å²) < 4.78 is 4.97. The number of hydrogen-bond acceptors (Lipinski definition) is 4. The maximum Gasteiger partial charge on any atom is 0.334 e. The van der Waals surface area contributed by atoms with Crippen LogP contribution < -0.4 is 0 Å². The molecule has 7 heteroatoms. The monoisotopic (exact) mass is 239 g/mol. The Morgan fingerprint density at radius 3 is 2.53 bits per heavy atom. The van der Waals surface area contributed by atoms with E-state index in [9.17, 15) is 9.59 Å². The van der Waals surface area contributed by atoms with Crippen LogP contribution in [0.2, 0.25) is 0 Å². The largest absolute Gasteiger partial charge is 0.480 e. The molecule has 0 aliphatic carbocycles. The Labute approximate surface area is 93.2 Å². The summed E-state index contributed by atoms with van der Waals surface area (Å²) in [6.45, 7) is 2.38. The van der Waals surface area contributed by atoms with Crippen molar-refractivity contribution in [3.8, 4) is 0 Å². The van der Waals surface area contributed by atoms with Crippen LogP contribution in [0.25, 0.3) is 0 Å². The topological polar surface area (TPSA) is 87.1 Å². The fourth-order valence-corrected chi connectivity index (χ4v) is 1.33. The summed E-state index contributed by atoms with van der Waals surface area (Å²) >= 11 is 0. The van der Waals surface area contributed by atoms with E-state index in [4.69, 9.17) is 14.9 Å². The van der Waals surface area contributed by atoms with Gasteiger partial charge in [0.05, 0.1) is 6.61 Å². The van der Waals surface area contributed by atoms with E-state index < -0.39 is 24.1 Å². The summed E-state index contributed by atoms with van der Waals surface area (Å²) in [6, 6.07) is -0.666. The second kappa shape index (κ2) is 5.89. The van der Waals surface area contributed by atoms with Crippen molar-refractivity contribution in [1.29, 1.82) is 0 Å². The summed E-state index contributed by atoms with van der Waals surface area (Å²) in [4.78, 5) is 22.8. The first-order valence-electron chi connectivity index (χ1n) is 4.33. The number of carboxylic acid groups (broad SMARTS) is 2. The lowest BCUT2D eigenvalue weighted by Gasteiger charge is -2.33. The molecule has 0 aromatic rings. The number of carbonyl (C=O) groups is 2. The molecule has 0 spiro atoms. The van der Waals surface area contributed by atoms with Crippen molar-refractivity contribution in [2.75, 3.05) is 19.7 Å². The minimum absolute atomic E-state index is 0. The third-order valence-electron chi connectivity index (χ3n) is 2.28. The molecule has 1 fully saturated rings. The van der Waals surface area contributed by atoms with Gasteiger partial charge in [-0.25, -0.2) is 4.79 Å². The minimum Gasteiger partial charge on any atom is -0.480 e. The van der Waals surface area contributed by atoms with Gasteiger partial charge in [-0.3, -0.25) is 9.69 Å². The summed E-state index contributed by atoms with van der Waals surface area (Å²) in [5, 5.41) is 17.4. The number of rotatable bonds is 3. The second-order valence-corrected chi connectivity index (χ2v) is 3.21. The van der Waals surface area contributed by atoms with E-state index in [2.05, 4.69) is 0 Å². The Morgan fingerprint density at radius 2 is 2.07 bits per heavy atom. The zero-order valence-electron chi connectivity index (χ0n) is 8.25. The average molecular weight is 240 g/mol. The fourth-order valence-electron chi connectivity index (χ4n) is 1.33. The van der Waals surface area contributed by atoms with Crippen LogP contribution in [0.4, 0.5) is 0 Å². The van der Waals surface area contributed by atoms with Gasteiger partial charge in [-0.2, -0.15) is 0 Å². The maximum atomic E-state index is 10.6. The van der Waals surface area contributed by atoms with Gasteiger partial charge in [0.2, 0.25) is 0 Å². The molecule has 1 aliphatic rings. The lowest BCUT2D eigenvalue weighted by molar-refractivity contribution is -0.161. The second-order valence-electron chi connectivity index (χ2n) is 3.21. The number of nitrogens with zero attached hydrogens (tertiary/aromatic N) is 1. The van der Waals surface area contributed by atoms with Gasteiger partial charge in [0.15, 0.2) is 6.10 Å². The predicted octanol–water partition coefficient (Wildman–Crippen LogP) is -0.333. The molecule has 88 valence electrons. The van der Waals surface area contributed by atoms with E-state index in [1.54, 1.807) is 4.90 Å². The number of ether oxygens (including phenoxy) is 1. The predicted molar refractivity (Wildman–Crippen MR) is 53.3 cm³/mol. The van der Waals surface area contributed by atoms with Gasteiger partial charge in [0.1, 0.15) is 6.04 Å². The van der Waals surface area contributed by atoms with Crippen LogP contribution >= 0.6 is 12.4 Å². The van der Waals surface area contributed by atoms with Crippen molar-refractivity contribution in [2.24, 2.45) is 0 Å². The Morgan fingerprint density at radius 1 is 1.47 bits per heavy atom. The third-order valence-corrected chi connectivity index (χ3v) is 2.28. The fraction of sp³-hybridized carbons (Fsp3) is 0.750. The number of aliphatic carboxylic acids is 2. The zero-order chi connectivity index (χ0) is 10.7. The third kappa shape index (κ3) is 3.65. The maximum absolute atomic E-state index is 10.6. The molecular weight excluding hydrogens is 226 g/mol. The van der Waals surface area contributed by atoms with E-state index in [0.717, 1.165) is 0 Å². The van der Waals surface area contributed by atoms with Crippen LogP contribution in [-0.2, 0) is 14.3 Å². The zero-order valence-corrected chi connectivity index (χ0v) is 9.07. The molecule has 15 heavy (non-hydrogen) atoms. The van der Waals surface area contributed by atoms with Crippen molar-refractivity contribution in [3.63, 3.8) is 0 Å². The SMILES string of the molecule is CC(C(=O)O)N1CCOC(C(=O)O)C1.Cl. The van der Waals surface area contributed by atoms with Crippen LogP contribution in [0.3, 0.4) is 0 Å². The minimum atomic E-state index is -1.05. The van der Waals surface area contributed by atoms with Crippen LogP contribution in [0.15, 0.2) is 0 Å². The Balaban J connectivity index is 0.00000196. The van der Waals surface area contributed by atoms with Gasteiger partial charge in [-0.1, -0.05) is 0 Å². The molecule has 2 atom stereocenters. The van der Waals surface area contributed by atoms with E-state index >= 15 is 0 Å². The molecule has 0 bridgehead atoms. The average Bonchev–Trinajstić information content (AvgIpc) is 2.16. The van der Waals surface area contributed by atoms with Crippen LogP contribution in [0.5, 0.6) is 0 Å². The van der Waals surface area contributed by atoms with Crippen LogP contribution in [-0.4, -0.2) is 58.9 Å². The number of morpholine rings is 1.